The van der Waals surface area contributed by atoms with Gasteiger partial charge in [-0.3, -0.25) is 0 Å². The number of aryl methyl sites for hydroxylation is 1. The molecule has 88 valence electrons. The van der Waals surface area contributed by atoms with E-state index < -0.39 is 0 Å². The Morgan fingerprint density at radius 2 is 2.31 bits per heavy atom. The topological polar surface area (TPSA) is 24.9 Å². The summed E-state index contributed by atoms with van der Waals surface area (Å²) in [7, 11) is 0. The van der Waals surface area contributed by atoms with Crippen LogP contribution in [0.25, 0.3) is 0 Å². The first-order valence-electron chi connectivity index (χ1n) is 5.61. The molecule has 2 unspecified atom stereocenters. The van der Waals surface area contributed by atoms with Gasteiger partial charge in [0.2, 0.25) is 0 Å². The fourth-order valence-corrected chi connectivity index (χ4v) is 3.27. The Morgan fingerprint density at radius 3 is 3.00 bits per heavy atom. The summed E-state index contributed by atoms with van der Waals surface area (Å²) in [6.07, 6.45) is 7.90. The van der Waals surface area contributed by atoms with Crippen LogP contribution in [0.3, 0.4) is 0 Å². The summed E-state index contributed by atoms with van der Waals surface area (Å²) in [6.45, 7) is 2.09. The third-order valence-corrected chi connectivity index (χ3v) is 5.24. The van der Waals surface area contributed by atoms with Crippen molar-refractivity contribution in [3.63, 3.8) is 0 Å². The number of halogens is 1. The predicted octanol–water partition coefficient (Wildman–Crippen LogP) is 3.85. The number of aromatic nitrogens is 1. The van der Waals surface area contributed by atoms with Gasteiger partial charge >= 0.3 is 0 Å². The Balaban J connectivity index is 2.02. The lowest BCUT2D eigenvalue weighted by atomic mass is 10.2. The van der Waals surface area contributed by atoms with Crippen molar-refractivity contribution in [3.05, 3.63) is 22.3 Å². The molecule has 1 saturated carbocycles. The monoisotopic (exact) mass is 300 g/mol. The average Bonchev–Trinajstić information content (AvgIpc) is 2.73. The van der Waals surface area contributed by atoms with Gasteiger partial charge in [0.15, 0.2) is 0 Å². The Kier molecular flexibility index (Phi) is 4.14. The summed E-state index contributed by atoms with van der Waals surface area (Å²) in [6, 6.07) is 2.61. The van der Waals surface area contributed by atoms with Crippen LogP contribution in [0.15, 0.2) is 16.7 Å². The summed E-state index contributed by atoms with van der Waals surface area (Å²) in [5.41, 5.74) is 1.23. The summed E-state index contributed by atoms with van der Waals surface area (Å²) in [5, 5.41) is 4.36. The van der Waals surface area contributed by atoms with Crippen LogP contribution < -0.4 is 5.32 Å². The van der Waals surface area contributed by atoms with E-state index in [9.17, 15) is 0 Å². The molecule has 2 nitrogen and oxygen atoms in total. The molecule has 0 spiro atoms. The van der Waals surface area contributed by atoms with Gasteiger partial charge in [0.25, 0.3) is 0 Å². The molecule has 1 aliphatic carbocycles. The van der Waals surface area contributed by atoms with Gasteiger partial charge in [-0.05, 0) is 60.0 Å². The molecule has 1 aliphatic rings. The molecular weight excluding hydrogens is 284 g/mol. The normalized spacial score (nSPS) is 24.7. The minimum atomic E-state index is 0.586. The number of pyridine rings is 1. The van der Waals surface area contributed by atoms with Crippen molar-refractivity contribution in [2.45, 2.75) is 37.5 Å². The highest BCUT2D eigenvalue weighted by atomic mass is 79.9. The predicted molar refractivity (Wildman–Crippen MR) is 75.2 cm³/mol. The van der Waals surface area contributed by atoms with E-state index in [0.717, 1.165) is 15.5 Å². The second-order valence-electron chi connectivity index (χ2n) is 4.30. The van der Waals surface area contributed by atoms with Crippen molar-refractivity contribution in [1.29, 1.82) is 0 Å². The zero-order valence-corrected chi connectivity index (χ0v) is 12.1. The zero-order valence-electron chi connectivity index (χ0n) is 9.66. The Morgan fingerprint density at radius 1 is 1.50 bits per heavy atom. The van der Waals surface area contributed by atoms with Crippen LogP contribution in [0, 0.1) is 6.92 Å². The number of thioether (sulfide) groups is 1. The van der Waals surface area contributed by atoms with Gasteiger partial charge in [0.05, 0.1) is 4.47 Å². The average molecular weight is 301 g/mol. The van der Waals surface area contributed by atoms with Crippen molar-refractivity contribution in [2.75, 3.05) is 11.6 Å². The standard InChI is InChI=1S/C12H17BrN2S/c1-8-5-6-14-12(11(8)13)15-9-3-4-10(7-9)16-2/h5-6,9-10H,3-4,7H2,1-2H3,(H,14,15). The fraction of sp³-hybridized carbons (Fsp3) is 0.583. The first kappa shape index (κ1) is 12.2. The Bertz CT molecular complexity index is 370. The summed E-state index contributed by atoms with van der Waals surface area (Å²) < 4.78 is 1.10. The van der Waals surface area contributed by atoms with Gasteiger partial charge in [0.1, 0.15) is 5.82 Å². The van der Waals surface area contributed by atoms with Gasteiger partial charge in [0, 0.05) is 17.5 Å². The maximum Gasteiger partial charge on any atom is 0.140 e. The van der Waals surface area contributed by atoms with E-state index in [0.29, 0.717) is 6.04 Å². The third kappa shape index (κ3) is 2.72. The number of rotatable bonds is 3. The Hall–Kier alpha value is -0.220. The molecule has 2 rings (SSSR count). The lowest BCUT2D eigenvalue weighted by Gasteiger charge is -2.15. The largest absolute Gasteiger partial charge is 0.366 e. The molecule has 0 radical (unpaired) electrons. The van der Waals surface area contributed by atoms with Gasteiger partial charge < -0.3 is 5.32 Å². The van der Waals surface area contributed by atoms with E-state index in [2.05, 4.69) is 39.4 Å². The molecule has 1 heterocycles. The second-order valence-corrected chi connectivity index (χ2v) is 6.23. The molecule has 4 heteroatoms. The third-order valence-electron chi connectivity index (χ3n) is 3.14. The summed E-state index contributed by atoms with van der Waals surface area (Å²) in [4.78, 5) is 4.39. The highest BCUT2D eigenvalue weighted by Crippen LogP contribution is 2.32. The van der Waals surface area contributed by atoms with Crippen LogP contribution in [-0.4, -0.2) is 22.5 Å². The van der Waals surface area contributed by atoms with Gasteiger partial charge in [-0.2, -0.15) is 11.8 Å². The molecular formula is C12H17BrN2S. The highest BCUT2D eigenvalue weighted by molar-refractivity contribution is 9.10. The van der Waals surface area contributed by atoms with Crippen molar-refractivity contribution in [2.24, 2.45) is 0 Å². The smallest absolute Gasteiger partial charge is 0.140 e. The van der Waals surface area contributed by atoms with Crippen molar-refractivity contribution < 1.29 is 0 Å². The zero-order chi connectivity index (χ0) is 11.5. The van der Waals surface area contributed by atoms with E-state index in [1.807, 2.05) is 24.0 Å². The fourth-order valence-electron chi connectivity index (χ4n) is 2.12. The molecule has 0 saturated heterocycles. The van der Waals surface area contributed by atoms with Crippen LogP contribution in [-0.2, 0) is 0 Å². The molecule has 16 heavy (non-hydrogen) atoms. The molecule has 0 bridgehead atoms. The number of nitrogens with zero attached hydrogens (tertiary/aromatic N) is 1. The maximum absolute atomic E-state index is 4.39. The van der Waals surface area contributed by atoms with E-state index in [1.54, 1.807) is 0 Å². The minimum Gasteiger partial charge on any atom is -0.366 e. The lowest BCUT2D eigenvalue weighted by Crippen LogP contribution is -2.17. The quantitative estimate of drug-likeness (QED) is 0.918. The van der Waals surface area contributed by atoms with Crippen LogP contribution in [0.2, 0.25) is 0 Å². The molecule has 0 aliphatic heterocycles. The molecule has 1 aromatic rings. The number of anilines is 1. The van der Waals surface area contributed by atoms with Gasteiger partial charge in [-0.1, -0.05) is 0 Å². The van der Waals surface area contributed by atoms with Crippen molar-refractivity contribution in [1.82, 2.24) is 4.98 Å². The first-order valence-corrected chi connectivity index (χ1v) is 7.69. The van der Waals surface area contributed by atoms with Crippen LogP contribution >= 0.6 is 27.7 Å². The molecule has 1 fully saturated rings. The maximum atomic E-state index is 4.39. The van der Waals surface area contributed by atoms with Crippen molar-refractivity contribution in [3.8, 4) is 0 Å². The van der Waals surface area contributed by atoms with Crippen molar-refractivity contribution >= 4 is 33.5 Å². The number of hydrogen-bond donors (Lipinski definition) is 1. The first-order chi connectivity index (χ1) is 7.70. The summed E-state index contributed by atoms with van der Waals surface area (Å²) in [5.74, 6) is 0.992. The molecule has 0 amide bonds. The summed E-state index contributed by atoms with van der Waals surface area (Å²) >= 11 is 5.57. The lowest BCUT2D eigenvalue weighted by molar-refractivity contribution is 0.751. The Labute approximate surface area is 110 Å². The molecule has 1 N–H and O–H groups in total. The molecule has 0 aromatic carbocycles. The van der Waals surface area contributed by atoms with E-state index in [-0.39, 0.29) is 0 Å². The van der Waals surface area contributed by atoms with E-state index >= 15 is 0 Å². The number of nitrogens with one attached hydrogen (secondary N) is 1. The van der Waals surface area contributed by atoms with Crippen LogP contribution in [0.4, 0.5) is 5.82 Å². The minimum absolute atomic E-state index is 0.586. The molecule has 2 atom stereocenters. The van der Waals surface area contributed by atoms with E-state index in [1.165, 1.54) is 24.8 Å². The SMILES string of the molecule is CSC1CCC(Nc2nccc(C)c2Br)C1. The van der Waals surface area contributed by atoms with E-state index in [4.69, 9.17) is 0 Å². The number of hydrogen-bond acceptors (Lipinski definition) is 3. The molecule has 1 aromatic heterocycles. The van der Waals surface area contributed by atoms with Crippen LogP contribution in [0.1, 0.15) is 24.8 Å². The van der Waals surface area contributed by atoms with Gasteiger partial charge in [-0.25, -0.2) is 4.98 Å². The highest BCUT2D eigenvalue weighted by Gasteiger charge is 2.24. The van der Waals surface area contributed by atoms with Gasteiger partial charge in [-0.15, -0.1) is 0 Å². The second kappa shape index (κ2) is 5.41. The van der Waals surface area contributed by atoms with Crippen LogP contribution in [0.5, 0.6) is 0 Å².